The molecule has 8 heteroatoms. The average molecular weight is 439 g/mol. The summed E-state index contributed by atoms with van der Waals surface area (Å²) in [5, 5.41) is 3.49. The number of hydrogen-bond acceptors (Lipinski definition) is 5. The Bertz CT molecular complexity index is 1320. The second-order valence-corrected chi connectivity index (χ2v) is 7.15. The fourth-order valence-electron chi connectivity index (χ4n) is 3.08. The lowest BCUT2D eigenvalue weighted by molar-refractivity contribution is -0.122. The number of ether oxygens (including phenoxy) is 1. The van der Waals surface area contributed by atoms with Gasteiger partial charge in [0.1, 0.15) is 17.1 Å². The Kier molecular flexibility index (Phi) is 5.68. The summed E-state index contributed by atoms with van der Waals surface area (Å²) in [7, 11) is 0. The second kappa shape index (κ2) is 8.57. The highest BCUT2D eigenvalue weighted by atomic mass is 35.5. The largest absolute Gasteiger partial charge is 0.481 e. The average Bonchev–Trinajstić information content (AvgIpc) is 2.73. The van der Waals surface area contributed by atoms with Crippen LogP contribution in [-0.2, 0) is 4.79 Å². The molecule has 0 aliphatic heterocycles. The molecular weight excluding hydrogens is 423 g/mol. The molecule has 156 valence electrons. The summed E-state index contributed by atoms with van der Waals surface area (Å²) < 4.78 is 24.4. The molecule has 0 aliphatic rings. The van der Waals surface area contributed by atoms with Crippen molar-refractivity contribution in [2.24, 2.45) is 0 Å². The molecule has 0 radical (unpaired) electrons. The van der Waals surface area contributed by atoms with Gasteiger partial charge in [-0.1, -0.05) is 11.6 Å². The molecule has 2 heterocycles. The first-order valence-electron chi connectivity index (χ1n) is 9.31. The van der Waals surface area contributed by atoms with Gasteiger partial charge in [0.15, 0.2) is 6.10 Å². The Morgan fingerprint density at radius 3 is 2.61 bits per heavy atom. The zero-order valence-corrected chi connectivity index (χ0v) is 17.0. The lowest BCUT2D eigenvalue weighted by atomic mass is 10.0. The first kappa shape index (κ1) is 20.6. The minimum atomic E-state index is -0.813. The number of amides is 1. The molecule has 0 saturated heterocycles. The summed E-state index contributed by atoms with van der Waals surface area (Å²) >= 11 is 6.17. The third kappa shape index (κ3) is 4.57. The van der Waals surface area contributed by atoms with Crippen LogP contribution in [0.1, 0.15) is 6.92 Å². The van der Waals surface area contributed by atoms with E-state index in [1.165, 1.54) is 30.3 Å². The van der Waals surface area contributed by atoms with Crippen molar-refractivity contribution in [3.8, 4) is 16.9 Å². The number of pyridine rings is 1. The van der Waals surface area contributed by atoms with Crippen molar-refractivity contribution >= 4 is 34.2 Å². The second-order valence-electron chi connectivity index (χ2n) is 6.75. The highest BCUT2D eigenvalue weighted by Gasteiger charge is 2.17. The van der Waals surface area contributed by atoms with Crippen LogP contribution in [-0.4, -0.2) is 17.0 Å². The molecule has 1 amide bonds. The van der Waals surface area contributed by atoms with Crippen LogP contribution in [0, 0.1) is 5.82 Å². The first-order valence-corrected chi connectivity index (χ1v) is 9.69. The summed E-state index contributed by atoms with van der Waals surface area (Å²) in [6.07, 6.45) is 2.32. The Morgan fingerprint density at radius 1 is 1.10 bits per heavy atom. The van der Waals surface area contributed by atoms with Gasteiger partial charge in [-0.3, -0.25) is 9.78 Å². The number of benzene rings is 2. The van der Waals surface area contributed by atoms with Crippen molar-refractivity contribution in [2.45, 2.75) is 13.0 Å². The number of aromatic nitrogens is 1. The van der Waals surface area contributed by atoms with Crippen LogP contribution < -0.4 is 15.7 Å². The zero-order valence-electron chi connectivity index (χ0n) is 16.3. The number of nitrogens with one attached hydrogen (secondary N) is 1. The van der Waals surface area contributed by atoms with Crippen LogP contribution in [0.25, 0.3) is 22.1 Å². The van der Waals surface area contributed by atoms with E-state index in [-0.39, 0.29) is 16.5 Å². The third-order valence-corrected chi connectivity index (χ3v) is 4.88. The van der Waals surface area contributed by atoms with Crippen LogP contribution in [0.3, 0.4) is 0 Å². The monoisotopic (exact) mass is 438 g/mol. The summed E-state index contributed by atoms with van der Waals surface area (Å²) in [5.41, 5.74) is 1.26. The minimum absolute atomic E-state index is 0.175. The first-order chi connectivity index (χ1) is 14.9. The molecule has 6 nitrogen and oxygen atoms in total. The molecule has 2 aromatic carbocycles. The van der Waals surface area contributed by atoms with Gasteiger partial charge in [-0.05, 0) is 49.4 Å². The molecule has 0 spiro atoms. The predicted octanol–water partition coefficient (Wildman–Crippen LogP) is 5.05. The van der Waals surface area contributed by atoms with Crippen LogP contribution in [0.15, 0.2) is 76.2 Å². The minimum Gasteiger partial charge on any atom is -0.481 e. The fraction of sp³-hybridized carbons (Fsp3) is 0.0870. The molecule has 1 N–H and O–H groups in total. The lowest BCUT2D eigenvalue weighted by Crippen LogP contribution is -2.30. The lowest BCUT2D eigenvalue weighted by Gasteiger charge is -2.15. The Labute approximate surface area is 181 Å². The van der Waals surface area contributed by atoms with Gasteiger partial charge in [0.2, 0.25) is 0 Å². The molecule has 0 fully saturated rings. The van der Waals surface area contributed by atoms with Crippen molar-refractivity contribution in [3.05, 3.63) is 88.3 Å². The SMILES string of the molecule is C[C@@H](Oc1ccc2c(-c3ccc(F)cc3Cl)cc(=O)oc2c1)C(=O)Nc1ccncc1. The molecule has 0 bridgehead atoms. The van der Waals surface area contributed by atoms with Crippen LogP contribution in [0.2, 0.25) is 5.02 Å². The number of fused-ring (bicyclic) bond motifs is 1. The van der Waals surface area contributed by atoms with Gasteiger partial charge in [-0.15, -0.1) is 0 Å². The highest BCUT2D eigenvalue weighted by Crippen LogP contribution is 2.34. The Balaban J connectivity index is 1.62. The maximum absolute atomic E-state index is 13.4. The normalized spacial score (nSPS) is 11.8. The van der Waals surface area contributed by atoms with Crippen molar-refractivity contribution in [2.75, 3.05) is 5.32 Å². The quantitative estimate of drug-likeness (QED) is 0.441. The van der Waals surface area contributed by atoms with E-state index in [1.54, 1.807) is 43.6 Å². The van der Waals surface area contributed by atoms with Crippen LogP contribution in [0.4, 0.5) is 10.1 Å². The van der Waals surface area contributed by atoms with E-state index in [0.29, 0.717) is 28.0 Å². The smallest absolute Gasteiger partial charge is 0.336 e. The zero-order chi connectivity index (χ0) is 22.0. The summed E-state index contributed by atoms with van der Waals surface area (Å²) in [5.74, 6) is -0.481. The molecule has 1 atom stereocenters. The Hall–Kier alpha value is -3.71. The Morgan fingerprint density at radius 2 is 1.87 bits per heavy atom. The van der Waals surface area contributed by atoms with E-state index >= 15 is 0 Å². The van der Waals surface area contributed by atoms with Gasteiger partial charge in [-0.2, -0.15) is 0 Å². The molecule has 0 saturated carbocycles. The van der Waals surface area contributed by atoms with Crippen molar-refractivity contribution < 1.29 is 18.3 Å². The molecule has 31 heavy (non-hydrogen) atoms. The summed E-state index contributed by atoms with van der Waals surface area (Å²) in [6, 6.07) is 13.4. The van der Waals surface area contributed by atoms with E-state index in [4.69, 9.17) is 20.8 Å². The van der Waals surface area contributed by atoms with Crippen molar-refractivity contribution in [3.63, 3.8) is 0 Å². The van der Waals surface area contributed by atoms with Gasteiger partial charge >= 0.3 is 5.63 Å². The van der Waals surface area contributed by atoms with Gasteiger partial charge in [-0.25, -0.2) is 9.18 Å². The van der Waals surface area contributed by atoms with Gasteiger partial charge in [0.05, 0.1) is 5.02 Å². The fourth-order valence-corrected chi connectivity index (χ4v) is 3.35. The van der Waals surface area contributed by atoms with Crippen LogP contribution >= 0.6 is 11.6 Å². The van der Waals surface area contributed by atoms with Gasteiger partial charge in [0, 0.05) is 46.7 Å². The highest BCUT2D eigenvalue weighted by molar-refractivity contribution is 6.33. The van der Waals surface area contributed by atoms with Gasteiger partial charge in [0.25, 0.3) is 5.91 Å². The standard InChI is InChI=1S/C23H16ClFN2O4/c1-13(23(29)27-15-6-8-26-9-7-15)30-16-3-5-18-19(12-22(28)31-21(18)11-16)17-4-2-14(25)10-20(17)24/h2-13H,1H3,(H,26,27,29)/t13-/m1/s1. The summed E-state index contributed by atoms with van der Waals surface area (Å²) in [4.78, 5) is 28.4. The number of hydrogen-bond donors (Lipinski definition) is 1. The molecule has 0 aliphatic carbocycles. The number of anilines is 1. The van der Waals surface area contributed by atoms with Crippen molar-refractivity contribution in [1.82, 2.24) is 4.98 Å². The topological polar surface area (TPSA) is 81.4 Å². The van der Waals surface area contributed by atoms with E-state index in [2.05, 4.69) is 10.3 Å². The third-order valence-electron chi connectivity index (χ3n) is 4.57. The number of rotatable bonds is 5. The maximum atomic E-state index is 13.4. The summed E-state index contributed by atoms with van der Waals surface area (Å²) in [6.45, 7) is 1.60. The molecule has 4 rings (SSSR count). The van der Waals surface area contributed by atoms with E-state index < -0.39 is 17.5 Å². The van der Waals surface area contributed by atoms with E-state index in [0.717, 1.165) is 0 Å². The number of nitrogens with zero attached hydrogens (tertiary/aromatic N) is 1. The molecular formula is C23H16ClFN2O4. The van der Waals surface area contributed by atoms with Crippen molar-refractivity contribution in [1.29, 1.82) is 0 Å². The van der Waals surface area contributed by atoms with E-state index in [9.17, 15) is 14.0 Å². The maximum Gasteiger partial charge on any atom is 0.336 e. The molecule has 4 aromatic rings. The number of halogens is 2. The van der Waals surface area contributed by atoms with E-state index in [1.807, 2.05) is 0 Å². The molecule has 2 aromatic heterocycles. The number of carbonyl (C=O) groups excluding carboxylic acids is 1. The predicted molar refractivity (Wildman–Crippen MR) is 116 cm³/mol. The van der Waals surface area contributed by atoms with Gasteiger partial charge < -0.3 is 14.5 Å². The molecule has 0 unspecified atom stereocenters. The van der Waals surface area contributed by atoms with Crippen LogP contribution in [0.5, 0.6) is 5.75 Å². The number of carbonyl (C=O) groups is 1.